The maximum atomic E-state index is 14.1. The van der Waals surface area contributed by atoms with Gasteiger partial charge >= 0.3 is 0 Å². The van der Waals surface area contributed by atoms with Crippen molar-refractivity contribution in [1.29, 1.82) is 0 Å². The summed E-state index contributed by atoms with van der Waals surface area (Å²) in [5.74, 6) is -1.42. The Labute approximate surface area is 123 Å². The van der Waals surface area contributed by atoms with Crippen LogP contribution in [-0.4, -0.2) is 22.0 Å². The second-order valence-electron chi connectivity index (χ2n) is 4.29. The number of aliphatic hydroxyl groups is 1. The molecule has 2 rings (SSSR count). The molecule has 7 heteroatoms. The van der Waals surface area contributed by atoms with Crippen molar-refractivity contribution in [2.24, 2.45) is 7.05 Å². The number of aliphatic hydroxyl groups excluding tert-OH is 1. The van der Waals surface area contributed by atoms with Gasteiger partial charge in [-0.3, -0.25) is 0 Å². The molecule has 0 saturated carbocycles. The van der Waals surface area contributed by atoms with Crippen molar-refractivity contribution in [3.8, 4) is 5.88 Å². The highest BCUT2D eigenvalue weighted by Crippen LogP contribution is 2.36. The van der Waals surface area contributed by atoms with E-state index < -0.39 is 23.3 Å². The minimum atomic E-state index is -1.50. The standard InChI is InChI=1S/C13H13BrF2N2O2/c1-6-9(13(20-3)18(2)17-6)12(19)10-8(15)5-4-7(14)11(10)16/h4-5,12,19H,1-3H3. The van der Waals surface area contributed by atoms with Gasteiger partial charge < -0.3 is 9.84 Å². The van der Waals surface area contributed by atoms with Crippen molar-refractivity contribution in [3.05, 3.63) is 45.1 Å². The van der Waals surface area contributed by atoms with Gasteiger partial charge in [-0.05, 0) is 35.0 Å². The highest BCUT2D eigenvalue weighted by Gasteiger charge is 2.28. The lowest BCUT2D eigenvalue weighted by Gasteiger charge is -2.15. The number of aryl methyl sites for hydroxylation is 2. The topological polar surface area (TPSA) is 47.3 Å². The molecule has 20 heavy (non-hydrogen) atoms. The molecule has 1 unspecified atom stereocenters. The molecule has 0 aliphatic rings. The van der Waals surface area contributed by atoms with E-state index in [0.717, 1.165) is 6.07 Å². The normalized spacial score (nSPS) is 12.6. The molecule has 1 N–H and O–H groups in total. The molecule has 0 saturated heterocycles. The minimum absolute atomic E-state index is 0.0773. The highest BCUT2D eigenvalue weighted by atomic mass is 79.9. The summed E-state index contributed by atoms with van der Waals surface area (Å²) in [6.07, 6.45) is -1.50. The lowest BCUT2D eigenvalue weighted by molar-refractivity contribution is 0.202. The van der Waals surface area contributed by atoms with Gasteiger partial charge in [0.25, 0.3) is 0 Å². The Hall–Kier alpha value is -1.47. The summed E-state index contributed by atoms with van der Waals surface area (Å²) in [6.45, 7) is 1.63. The fourth-order valence-corrected chi connectivity index (χ4v) is 2.49. The van der Waals surface area contributed by atoms with Gasteiger partial charge in [0.05, 0.1) is 28.4 Å². The molecule has 2 aromatic rings. The van der Waals surface area contributed by atoms with Crippen LogP contribution in [0.25, 0.3) is 0 Å². The first-order chi connectivity index (χ1) is 9.38. The molecule has 1 aromatic heterocycles. The third kappa shape index (κ3) is 2.31. The van der Waals surface area contributed by atoms with Gasteiger partial charge in [-0.1, -0.05) is 0 Å². The number of rotatable bonds is 3. The molecule has 0 radical (unpaired) electrons. The number of aromatic nitrogens is 2. The van der Waals surface area contributed by atoms with E-state index in [9.17, 15) is 13.9 Å². The summed E-state index contributed by atoms with van der Waals surface area (Å²) in [6, 6.07) is 2.33. The van der Waals surface area contributed by atoms with Crippen LogP contribution in [0.5, 0.6) is 5.88 Å². The van der Waals surface area contributed by atoms with E-state index in [1.54, 1.807) is 14.0 Å². The maximum absolute atomic E-state index is 14.1. The molecule has 1 aromatic carbocycles. The first-order valence-electron chi connectivity index (χ1n) is 5.77. The van der Waals surface area contributed by atoms with E-state index in [0.29, 0.717) is 5.69 Å². The second kappa shape index (κ2) is 5.49. The van der Waals surface area contributed by atoms with Crippen molar-refractivity contribution in [1.82, 2.24) is 9.78 Å². The minimum Gasteiger partial charge on any atom is -0.481 e. The number of methoxy groups -OCH3 is 1. The molecule has 1 heterocycles. The first-order valence-corrected chi connectivity index (χ1v) is 6.56. The Balaban J connectivity index is 2.63. The summed E-state index contributed by atoms with van der Waals surface area (Å²) in [4.78, 5) is 0. The Morgan fingerprint density at radius 1 is 1.35 bits per heavy atom. The average molecular weight is 347 g/mol. The predicted octanol–water partition coefficient (Wildman–Crippen LogP) is 2.86. The van der Waals surface area contributed by atoms with Crippen molar-refractivity contribution in [3.63, 3.8) is 0 Å². The van der Waals surface area contributed by atoms with Crippen LogP contribution < -0.4 is 4.74 Å². The van der Waals surface area contributed by atoms with Crippen LogP contribution in [0.15, 0.2) is 16.6 Å². The molecule has 108 valence electrons. The van der Waals surface area contributed by atoms with Crippen LogP contribution in [0, 0.1) is 18.6 Å². The molecular formula is C13H13BrF2N2O2. The van der Waals surface area contributed by atoms with Gasteiger partial charge in [-0.15, -0.1) is 0 Å². The molecule has 0 aliphatic heterocycles. The number of ether oxygens (including phenoxy) is 1. The molecule has 0 amide bonds. The molecule has 0 spiro atoms. The molecule has 0 aliphatic carbocycles. The van der Waals surface area contributed by atoms with E-state index in [1.807, 2.05) is 0 Å². The van der Waals surface area contributed by atoms with Crippen LogP contribution in [0.1, 0.15) is 22.9 Å². The van der Waals surface area contributed by atoms with E-state index in [-0.39, 0.29) is 15.9 Å². The van der Waals surface area contributed by atoms with Gasteiger partial charge in [0.2, 0.25) is 5.88 Å². The number of hydrogen-bond acceptors (Lipinski definition) is 3. The van der Waals surface area contributed by atoms with Crippen molar-refractivity contribution < 1.29 is 18.6 Å². The molecule has 0 bridgehead atoms. The number of halogens is 3. The summed E-state index contributed by atoms with van der Waals surface area (Å²) < 4.78 is 34.5. The van der Waals surface area contributed by atoms with Crippen molar-refractivity contribution in [2.45, 2.75) is 13.0 Å². The Kier molecular flexibility index (Phi) is 4.10. The number of nitrogens with zero attached hydrogens (tertiary/aromatic N) is 2. The lowest BCUT2D eigenvalue weighted by Crippen LogP contribution is -2.08. The van der Waals surface area contributed by atoms with Crippen LogP contribution in [0.2, 0.25) is 0 Å². The highest BCUT2D eigenvalue weighted by molar-refractivity contribution is 9.10. The first kappa shape index (κ1) is 14.9. The summed E-state index contributed by atoms with van der Waals surface area (Å²) in [5, 5.41) is 14.4. The SMILES string of the molecule is COc1c(C(O)c2c(F)ccc(Br)c2F)c(C)nn1C. The van der Waals surface area contributed by atoms with E-state index >= 15 is 0 Å². The zero-order valence-electron chi connectivity index (χ0n) is 11.1. The number of hydrogen-bond donors (Lipinski definition) is 1. The van der Waals surface area contributed by atoms with E-state index in [1.165, 1.54) is 17.9 Å². The third-order valence-electron chi connectivity index (χ3n) is 3.03. The summed E-state index contributed by atoms with van der Waals surface area (Å²) in [5.41, 5.74) is 0.246. The average Bonchev–Trinajstić information content (AvgIpc) is 2.68. The zero-order chi connectivity index (χ0) is 15.0. The molecule has 4 nitrogen and oxygen atoms in total. The zero-order valence-corrected chi connectivity index (χ0v) is 12.7. The van der Waals surface area contributed by atoms with Gasteiger partial charge in [-0.2, -0.15) is 5.10 Å². The Bertz CT molecular complexity index is 658. The van der Waals surface area contributed by atoms with Gasteiger partial charge in [-0.25, -0.2) is 13.5 Å². The quantitative estimate of drug-likeness (QED) is 0.869. The fourth-order valence-electron chi connectivity index (χ4n) is 2.15. The Morgan fingerprint density at radius 3 is 2.60 bits per heavy atom. The smallest absolute Gasteiger partial charge is 0.217 e. The van der Waals surface area contributed by atoms with Crippen LogP contribution in [0.3, 0.4) is 0 Å². The monoisotopic (exact) mass is 346 g/mol. The number of benzene rings is 1. The summed E-state index contributed by atoms with van der Waals surface area (Å²) >= 11 is 2.98. The van der Waals surface area contributed by atoms with Crippen molar-refractivity contribution in [2.75, 3.05) is 7.11 Å². The van der Waals surface area contributed by atoms with Crippen LogP contribution in [-0.2, 0) is 7.05 Å². The van der Waals surface area contributed by atoms with E-state index in [2.05, 4.69) is 21.0 Å². The fraction of sp³-hybridized carbons (Fsp3) is 0.308. The Morgan fingerprint density at radius 2 is 2.00 bits per heavy atom. The van der Waals surface area contributed by atoms with Crippen LogP contribution in [0.4, 0.5) is 8.78 Å². The van der Waals surface area contributed by atoms with E-state index in [4.69, 9.17) is 4.74 Å². The lowest BCUT2D eigenvalue weighted by atomic mass is 10.0. The molecule has 1 atom stereocenters. The molecule has 0 fully saturated rings. The third-order valence-corrected chi connectivity index (χ3v) is 3.65. The van der Waals surface area contributed by atoms with Crippen molar-refractivity contribution >= 4 is 15.9 Å². The van der Waals surface area contributed by atoms with Gasteiger partial charge in [0.15, 0.2) is 0 Å². The summed E-state index contributed by atoms with van der Waals surface area (Å²) in [7, 11) is 3.02. The van der Waals surface area contributed by atoms with Crippen LogP contribution >= 0.6 is 15.9 Å². The second-order valence-corrected chi connectivity index (χ2v) is 5.15. The maximum Gasteiger partial charge on any atom is 0.217 e. The predicted molar refractivity (Wildman–Crippen MR) is 72.6 cm³/mol. The van der Waals surface area contributed by atoms with Gasteiger partial charge in [0.1, 0.15) is 17.7 Å². The molecular weight excluding hydrogens is 334 g/mol. The largest absolute Gasteiger partial charge is 0.481 e. The van der Waals surface area contributed by atoms with Gasteiger partial charge in [0, 0.05) is 7.05 Å².